The molecular weight excluding hydrogens is 270 g/mol. The van der Waals surface area contributed by atoms with E-state index < -0.39 is 5.91 Å². The second-order valence-corrected chi connectivity index (χ2v) is 4.95. The predicted molar refractivity (Wildman–Crippen MR) is 77.9 cm³/mol. The molecule has 1 aliphatic rings. The van der Waals surface area contributed by atoms with Crippen molar-refractivity contribution in [2.24, 2.45) is 0 Å². The number of anilines is 2. The van der Waals surface area contributed by atoms with Crippen LogP contribution >= 0.6 is 0 Å². The molecule has 0 unspecified atom stereocenters. The summed E-state index contributed by atoms with van der Waals surface area (Å²) in [4.78, 5) is 24.3. The van der Waals surface area contributed by atoms with Gasteiger partial charge in [-0.15, -0.1) is 0 Å². The Morgan fingerprint density at radius 3 is 2.67 bits per heavy atom. The number of para-hydroxylation sites is 1. The van der Waals surface area contributed by atoms with Gasteiger partial charge >= 0.3 is 0 Å². The second-order valence-electron chi connectivity index (χ2n) is 4.95. The van der Waals surface area contributed by atoms with Crippen LogP contribution in [0, 0.1) is 0 Å². The smallest absolute Gasteiger partial charge is 0.275 e. The zero-order chi connectivity index (χ0) is 14.8. The Morgan fingerprint density at radius 2 is 2.00 bits per heavy atom. The van der Waals surface area contributed by atoms with Crippen molar-refractivity contribution in [1.82, 2.24) is 15.5 Å². The number of rotatable bonds is 4. The summed E-state index contributed by atoms with van der Waals surface area (Å²) < 4.78 is 0. The summed E-state index contributed by atoms with van der Waals surface area (Å²) in [5.41, 5.74) is 6.93. The van der Waals surface area contributed by atoms with Gasteiger partial charge in [-0.3, -0.25) is 14.7 Å². The summed E-state index contributed by atoms with van der Waals surface area (Å²) in [7, 11) is 0. The van der Waals surface area contributed by atoms with E-state index in [0.29, 0.717) is 11.3 Å². The van der Waals surface area contributed by atoms with Crippen molar-refractivity contribution in [2.45, 2.75) is 18.9 Å². The average molecular weight is 285 g/mol. The molecule has 1 saturated carbocycles. The summed E-state index contributed by atoms with van der Waals surface area (Å²) in [6.45, 7) is 0. The maximum atomic E-state index is 12.1. The maximum absolute atomic E-state index is 12.1. The molecule has 3 rings (SSSR count). The number of H-pyrrole nitrogens is 1. The first kappa shape index (κ1) is 13.2. The first-order valence-electron chi connectivity index (χ1n) is 6.65. The van der Waals surface area contributed by atoms with Crippen molar-refractivity contribution in [3.63, 3.8) is 0 Å². The predicted octanol–water partition coefficient (Wildman–Crippen LogP) is 1.14. The fourth-order valence-electron chi connectivity index (χ4n) is 1.94. The molecular formula is C14H15N5O2. The van der Waals surface area contributed by atoms with Crippen molar-refractivity contribution in [1.29, 1.82) is 0 Å². The number of amides is 2. The highest BCUT2D eigenvalue weighted by Gasteiger charge is 2.25. The van der Waals surface area contributed by atoms with Crippen molar-refractivity contribution >= 4 is 23.2 Å². The van der Waals surface area contributed by atoms with Gasteiger partial charge in [0.05, 0.1) is 23.1 Å². The zero-order valence-corrected chi connectivity index (χ0v) is 11.2. The number of aromatic amines is 1. The largest absolute Gasteiger partial charge is 0.396 e. The number of hydrogen-bond acceptors (Lipinski definition) is 4. The molecule has 5 N–H and O–H groups in total. The third kappa shape index (κ3) is 2.86. The lowest BCUT2D eigenvalue weighted by Crippen LogP contribution is -2.27. The molecule has 2 aromatic rings. The molecule has 1 fully saturated rings. The van der Waals surface area contributed by atoms with E-state index in [9.17, 15) is 9.59 Å². The molecule has 108 valence electrons. The van der Waals surface area contributed by atoms with E-state index in [2.05, 4.69) is 20.8 Å². The first-order valence-corrected chi connectivity index (χ1v) is 6.65. The Bertz CT molecular complexity index is 690. The zero-order valence-electron chi connectivity index (χ0n) is 11.2. The molecule has 0 radical (unpaired) electrons. The van der Waals surface area contributed by atoms with Gasteiger partial charge in [0.1, 0.15) is 5.69 Å². The van der Waals surface area contributed by atoms with Gasteiger partial charge in [-0.05, 0) is 25.0 Å². The van der Waals surface area contributed by atoms with Crippen LogP contribution in [0.1, 0.15) is 33.7 Å². The SMILES string of the molecule is Nc1cn[nH]c1C(=O)Nc1ccccc1C(=O)NC1CC1. The van der Waals surface area contributed by atoms with Crippen molar-refractivity contribution in [3.8, 4) is 0 Å². The average Bonchev–Trinajstić information content (AvgIpc) is 3.17. The Balaban J connectivity index is 1.80. The van der Waals surface area contributed by atoms with E-state index in [0.717, 1.165) is 12.8 Å². The minimum atomic E-state index is -0.434. The summed E-state index contributed by atoms with van der Waals surface area (Å²) in [5, 5.41) is 11.8. The van der Waals surface area contributed by atoms with Gasteiger partial charge in [0, 0.05) is 6.04 Å². The molecule has 2 amide bonds. The van der Waals surface area contributed by atoms with E-state index in [1.54, 1.807) is 24.3 Å². The lowest BCUT2D eigenvalue weighted by atomic mass is 10.1. The van der Waals surface area contributed by atoms with E-state index >= 15 is 0 Å². The van der Waals surface area contributed by atoms with Crippen LogP contribution in [0.25, 0.3) is 0 Å². The van der Waals surface area contributed by atoms with Crippen LogP contribution in [0.4, 0.5) is 11.4 Å². The second kappa shape index (κ2) is 5.28. The lowest BCUT2D eigenvalue weighted by molar-refractivity contribution is 0.0952. The Kier molecular flexibility index (Phi) is 3.31. The fourth-order valence-corrected chi connectivity index (χ4v) is 1.94. The molecule has 0 bridgehead atoms. The van der Waals surface area contributed by atoms with Crippen LogP contribution in [-0.2, 0) is 0 Å². The molecule has 7 heteroatoms. The van der Waals surface area contributed by atoms with Crippen molar-refractivity contribution in [3.05, 3.63) is 41.7 Å². The summed E-state index contributed by atoms with van der Waals surface area (Å²) in [5.74, 6) is -0.623. The normalized spacial score (nSPS) is 13.7. The molecule has 1 aromatic heterocycles. The van der Waals surface area contributed by atoms with Gasteiger partial charge in [-0.1, -0.05) is 12.1 Å². The van der Waals surface area contributed by atoms with Crippen LogP contribution in [0.2, 0.25) is 0 Å². The van der Waals surface area contributed by atoms with Crippen molar-refractivity contribution in [2.75, 3.05) is 11.1 Å². The van der Waals surface area contributed by atoms with Crippen LogP contribution < -0.4 is 16.4 Å². The highest BCUT2D eigenvalue weighted by atomic mass is 16.2. The number of benzene rings is 1. The molecule has 0 atom stereocenters. The minimum absolute atomic E-state index is 0.174. The molecule has 0 aliphatic heterocycles. The quantitative estimate of drug-likeness (QED) is 0.674. The van der Waals surface area contributed by atoms with E-state index in [-0.39, 0.29) is 23.3 Å². The molecule has 0 saturated heterocycles. The van der Waals surface area contributed by atoms with Crippen LogP contribution in [0.3, 0.4) is 0 Å². The van der Waals surface area contributed by atoms with Gasteiger partial charge in [-0.2, -0.15) is 5.10 Å². The molecule has 0 spiro atoms. The topological polar surface area (TPSA) is 113 Å². The van der Waals surface area contributed by atoms with Gasteiger partial charge < -0.3 is 16.4 Å². The third-order valence-electron chi connectivity index (χ3n) is 3.23. The fraction of sp³-hybridized carbons (Fsp3) is 0.214. The molecule has 1 aliphatic carbocycles. The van der Waals surface area contributed by atoms with Crippen LogP contribution in [-0.4, -0.2) is 28.1 Å². The summed E-state index contributed by atoms with van der Waals surface area (Å²) in [6, 6.07) is 7.10. The molecule has 1 aromatic carbocycles. The Hall–Kier alpha value is -2.83. The van der Waals surface area contributed by atoms with Gasteiger partial charge in [0.2, 0.25) is 0 Å². The molecule has 7 nitrogen and oxygen atoms in total. The minimum Gasteiger partial charge on any atom is -0.396 e. The number of hydrogen-bond donors (Lipinski definition) is 4. The van der Waals surface area contributed by atoms with Gasteiger partial charge in [0.15, 0.2) is 0 Å². The lowest BCUT2D eigenvalue weighted by Gasteiger charge is -2.10. The van der Waals surface area contributed by atoms with Crippen LogP contribution in [0.15, 0.2) is 30.5 Å². The number of nitrogens with zero attached hydrogens (tertiary/aromatic N) is 1. The van der Waals surface area contributed by atoms with Gasteiger partial charge in [0.25, 0.3) is 11.8 Å². The number of nitrogens with two attached hydrogens (primary N) is 1. The highest BCUT2D eigenvalue weighted by molar-refractivity contribution is 6.10. The van der Waals surface area contributed by atoms with E-state index in [1.165, 1.54) is 6.20 Å². The summed E-state index contributed by atoms with van der Waals surface area (Å²) in [6.07, 6.45) is 3.37. The third-order valence-corrected chi connectivity index (χ3v) is 3.23. The van der Waals surface area contributed by atoms with E-state index in [1.807, 2.05) is 0 Å². The highest BCUT2D eigenvalue weighted by Crippen LogP contribution is 2.22. The number of nitrogen functional groups attached to an aromatic ring is 1. The molecule has 21 heavy (non-hydrogen) atoms. The van der Waals surface area contributed by atoms with E-state index in [4.69, 9.17) is 5.73 Å². The molecule has 1 heterocycles. The standard InChI is InChI=1S/C14H15N5O2/c15-10-7-16-19-12(10)14(21)18-11-4-2-1-3-9(11)13(20)17-8-5-6-8/h1-4,7-8H,5-6,15H2,(H,16,19)(H,17,20)(H,18,21). The number of carbonyl (C=O) groups excluding carboxylic acids is 2. The van der Waals surface area contributed by atoms with Crippen LogP contribution in [0.5, 0.6) is 0 Å². The van der Waals surface area contributed by atoms with Crippen molar-refractivity contribution < 1.29 is 9.59 Å². The monoisotopic (exact) mass is 285 g/mol. The maximum Gasteiger partial charge on any atom is 0.275 e. The van der Waals surface area contributed by atoms with Gasteiger partial charge in [-0.25, -0.2) is 0 Å². The first-order chi connectivity index (χ1) is 10.1. The number of aromatic nitrogens is 2. The Morgan fingerprint density at radius 1 is 1.24 bits per heavy atom. The number of nitrogens with one attached hydrogen (secondary N) is 3. The number of carbonyl (C=O) groups is 2. The Labute approximate surface area is 120 Å². The summed E-state index contributed by atoms with van der Waals surface area (Å²) >= 11 is 0.